The van der Waals surface area contributed by atoms with Crippen LogP contribution in [0.2, 0.25) is 10.2 Å². The zero-order valence-electron chi connectivity index (χ0n) is 9.39. The van der Waals surface area contributed by atoms with E-state index in [1.54, 1.807) is 6.07 Å². The lowest BCUT2D eigenvalue weighted by molar-refractivity contribution is 0.102. The predicted molar refractivity (Wildman–Crippen MR) is 71.2 cm³/mol. The number of aromatic nitrogens is 2. The number of carbonyl (C=O) groups excluding carboxylic acids is 1. The van der Waals surface area contributed by atoms with Crippen LogP contribution in [0, 0.1) is 11.3 Å². The third-order valence-corrected chi connectivity index (χ3v) is 2.68. The molecule has 2 rings (SSSR count). The number of carbonyl (C=O) groups is 1. The first-order valence-electron chi connectivity index (χ1n) is 5.08. The molecule has 7 heteroatoms. The van der Waals surface area contributed by atoms with Crippen LogP contribution in [0.3, 0.4) is 0 Å². The summed E-state index contributed by atoms with van der Waals surface area (Å²) in [6.07, 6.45) is 2.62. The number of nitrogens with zero attached hydrogens (tertiary/aromatic N) is 3. The summed E-state index contributed by atoms with van der Waals surface area (Å²) in [5.41, 5.74) is 0.867. The molecule has 19 heavy (non-hydrogen) atoms. The van der Waals surface area contributed by atoms with E-state index in [-0.39, 0.29) is 15.9 Å². The fraction of sp³-hybridized carbons (Fsp3) is 0. The average Bonchev–Trinajstić information content (AvgIpc) is 2.41. The SMILES string of the molecule is N#Cc1ccc(NC(=O)c2cncc(Cl)n2)c(Cl)c1. The molecule has 0 unspecified atom stereocenters. The molecule has 0 spiro atoms. The van der Waals surface area contributed by atoms with Gasteiger partial charge >= 0.3 is 0 Å². The van der Waals surface area contributed by atoms with Gasteiger partial charge in [0.25, 0.3) is 5.91 Å². The summed E-state index contributed by atoms with van der Waals surface area (Å²) < 4.78 is 0. The molecule has 1 aromatic heterocycles. The molecule has 1 N–H and O–H groups in total. The van der Waals surface area contributed by atoms with Crippen LogP contribution in [0.5, 0.6) is 0 Å². The van der Waals surface area contributed by atoms with Gasteiger partial charge in [-0.25, -0.2) is 4.98 Å². The zero-order chi connectivity index (χ0) is 13.8. The van der Waals surface area contributed by atoms with Crippen molar-refractivity contribution in [3.8, 4) is 6.07 Å². The molecule has 1 aromatic carbocycles. The average molecular weight is 293 g/mol. The minimum absolute atomic E-state index is 0.0768. The minimum Gasteiger partial charge on any atom is -0.319 e. The van der Waals surface area contributed by atoms with E-state index in [1.807, 2.05) is 6.07 Å². The van der Waals surface area contributed by atoms with E-state index in [9.17, 15) is 4.79 Å². The third kappa shape index (κ3) is 3.19. The van der Waals surface area contributed by atoms with Gasteiger partial charge in [-0.1, -0.05) is 23.2 Å². The smallest absolute Gasteiger partial charge is 0.275 e. The lowest BCUT2D eigenvalue weighted by atomic mass is 10.2. The van der Waals surface area contributed by atoms with E-state index in [0.717, 1.165) is 0 Å². The molecule has 0 saturated heterocycles. The van der Waals surface area contributed by atoms with Crippen molar-refractivity contribution in [2.24, 2.45) is 0 Å². The van der Waals surface area contributed by atoms with E-state index in [1.165, 1.54) is 24.5 Å². The molecule has 1 amide bonds. The molecule has 94 valence electrons. The van der Waals surface area contributed by atoms with Crippen LogP contribution < -0.4 is 5.32 Å². The Labute approximate surface area is 118 Å². The van der Waals surface area contributed by atoms with Crippen LogP contribution in [-0.4, -0.2) is 15.9 Å². The maximum absolute atomic E-state index is 11.9. The fourth-order valence-electron chi connectivity index (χ4n) is 1.32. The van der Waals surface area contributed by atoms with Crippen LogP contribution in [-0.2, 0) is 0 Å². The Kier molecular flexibility index (Phi) is 3.95. The lowest BCUT2D eigenvalue weighted by Crippen LogP contribution is -2.14. The standard InChI is InChI=1S/C12H6Cl2N4O/c13-8-3-7(4-15)1-2-9(8)18-12(19)10-5-16-6-11(14)17-10/h1-3,5-6H,(H,18,19). The number of benzene rings is 1. The molecule has 0 aliphatic rings. The first kappa shape index (κ1) is 13.3. The van der Waals surface area contributed by atoms with Gasteiger partial charge in [-0.15, -0.1) is 0 Å². The molecule has 0 aliphatic carbocycles. The van der Waals surface area contributed by atoms with Crippen LogP contribution >= 0.6 is 23.2 Å². The second-order valence-corrected chi connectivity index (χ2v) is 4.28. The first-order valence-corrected chi connectivity index (χ1v) is 5.84. The Bertz CT molecular complexity index is 682. The van der Waals surface area contributed by atoms with Crippen molar-refractivity contribution in [1.29, 1.82) is 5.26 Å². The van der Waals surface area contributed by atoms with Crippen LogP contribution in [0.25, 0.3) is 0 Å². The van der Waals surface area contributed by atoms with Gasteiger partial charge in [0.1, 0.15) is 10.8 Å². The van der Waals surface area contributed by atoms with Crippen molar-refractivity contribution in [2.75, 3.05) is 5.32 Å². The van der Waals surface area contributed by atoms with Gasteiger partial charge < -0.3 is 5.32 Å². The second kappa shape index (κ2) is 5.65. The van der Waals surface area contributed by atoms with Gasteiger partial charge in [0.05, 0.1) is 34.7 Å². The maximum atomic E-state index is 11.9. The third-order valence-electron chi connectivity index (χ3n) is 2.18. The summed E-state index contributed by atoms with van der Waals surface area (Å²) in [6.45, 7) is 0. The van der Waals surface area contributed by atoms with E-state index in [2.05, 4.69) is 15.3 Å². The van der Waals surface area contributed by atoms with Gasteiger partial charge in [0, 0.05) is 0 Å². The molecule has 1 heterocycles. The fourth-order valence-corrected chi connectivity index (χ4v) is 1.70. The normalized spacial score (nSPS) is 9.74. The molecule has 0 fully saturated rings. The van der Waals surface area contributed by atoms with Crippen molar-refractivity contribution in [3.63, 3.8) is 0 Å². The van der Waals surface area contributed by atoms with Crippen LogP contribution in [0.1, 0.15) is 16.1 Å². The Morgan fingerprint density at radius 1 is 1.32 bits per heavy atom. The van der Waals surface area contributed by atoms with Crippen molar-refractivity contribution in [2.45, 2.75) is 0 Å². The van der Waals surface area contributed by atoms with Gasteiger partial charge in [-0.2, -0.15) is 5.26 Å². The number of rotatable bonds is 2. The number of hydrogen-bond donors (Lipinski definition) is 1. The van der Waals surface area contributed by atoms with Crippen molar-refractivity contribution in [1.82, 2.24) is 9.97 Å². The first-order chi connectivity index (χ1) is 9.10. The lowest BCUT2D eigenvalue weighted by Gasteiger charge is -2.06. The summed E-state index contributed by atoms with van der Waals surface area (Å²) in [4.78, 5) is 19.5. The molecular formula is C12H6Cl2N4O. The highest BCUT2D eigenvalue weighted by molar-refractivity contribution is 6.34. The van der Waals surface area contributed by atoms with E-state index in [4.69, 9.17) is 28.5 Å². The molecule has 0 aliphatic heterocycles. The highest BCUT2D eigenvalue weighted by atomic mass is 35.5. The van der Waals surface area contributed by atoms with Gasteiger partial charge in [-0.05, 0) is 18.2 Å². The number of amides is 1. The quantitative estimate of drug-likeness (QED) is 0.923. The molecule has 0 bridgehead atoms. The van der Waals surface area contributed by atoms with Crippen molar-refractivity contribution >= 4 is 34.8 Å². The Morgan fingerprint density at radius 3 is 2.74 bits per heavy atom. The van der Waals surface area contributed by atoms with Crippen molar-refractivity contribution < 1.29 is 4.79 Å². The number of nitriles is 1. The molecular weight excluding hydrogens is 287 g/mol. The second-order valence-electron chi connectivity index (χ2n) is 3.49. The molecule has 0 atom stereocenters. The van der Waals surface area contributed by atoms with E-state index >= 15 is 0 Å². The number of hydrogen-bond acceptors (Lipinski definition) is 4. The topological polar surface area (TPSA) is 78.7 Å². The summed E-state index contributed by atoms with van der Waals surface area (Å²) >= 11 is 11.6. The minimum atomic E-state index is -0.485. The van der Waals surface area contributed by atoms with Crippen molar-refractivity contribution in [3.05, 3.63) is 52.0 Å². The highest BCUT2D eigenvalue weighted by Crippen LogP contribution is 2.23. The summed E-state index contributed by atoms with van der Waals surface area (Å²) in [6, 6.07) is 6.49. The maximum Gasteiger partial charge on any atom is 0.275 e. The zero-order valence-corrected chi connectivity index (χ0v) is 10.9. The predicted octanol–water partition coefficient (Wildman–Crippen LogP) is 2.91. The number of nitrogens with one attached hydrogen (secondary N) is 1. The summed E-state index contributed by atoms with van der Waals surface area (Å²) in [5, 5.41) is 11.7. The summed E-state index contributed by atoms with van der Waals surface area (Å²) in [7, 11) is 0. The van der Waals surface area contributed by atoms with E-state index < -0.39 is 5.91 Å². The molecule has 0 saturated carbocycles. The Balaban J connectivity index is 2.22. The van der Waals surface area contributed by atoms with Gasteiger partial charge in [0.15, 0.2) is 0 Å². The van der Waals surface area contributed by atoms with Gasteiger partial charge in [-0.3, -0.25) is 9.78 Å². The number of halogens is 2. The monoisotopic (exact) mass is 292 g/mol. The molecule has 0 radical (unpaired) electrons. The molecule has 2 aromatic rings. The molecule has 5 nitrogen and oxygen atoms in total. The highest BCUT2D eigenvalue weighted by Gasteiger charge is 2.11. The summed E-state index contributed by atoms with van der Waals surface area (Å²) in [5.74, 6) is -0.485. The van der Waals surface area contributed by atoms with Crippen LogP contribution in [0.4, 0.5) is 5.69 Å². The van der Waals surface area contributed by atoms with E-state index in [0.29, 0.717) is 11.3 Å². The Hall–Kier alpha value is -2.16. The largest absolute Gasteiger partial charge is 0.319 e. The Morgan fingerprint density at radius 2 is 2.11 bits per heavy atom. The van der Waals surface area contributed by atoms with Gasteiger partial charge in [0.2, 0.25) is 0 Å². The number of anilines is 1. The van der Waals surface area contributed by atoms with Crippen LogP contribution in [0.15, 0.2) is 30.6 Å².